The van der Waals surface area contributed by atoms with Crippen molar-refractivity contribution in [3.63, 3.8) is 0 Å². The van der Waals surface area contributed by atoms with Gasteiger partial charge in [0.15, 0.2) is 0 Å². The molecule has 1 saturated heterocycles. The van der Waals surface area contributed by atoms with Gasteiger partial charge in [0.2, 0.25) is 0 Å². The molecule has 0 aliphatic carbocycles. The molecule has 1 aromatic rings. The van der Waals surface area contributed by atoms with Crippen LogP contribution >= 0.6 is 0 Å². The Morgan fingerprint density at radius 2 is 2.30 bits per heavy atom. The highest BCUT2D eigenvalue weighted by molar-refractivity contribution is 6.00. The summed E-state index contributed by atoms with van der Waals surface area (Å²) >= 11 is 0. The van der Waals surface area contributed by atoms with Crippen LogP contribution in [0.4, 0.5) is 11.4 Å². The van der Waals surface area contributed by atoms with Crippen molar-refractivity contribution in [2.75, 3.05) is 18.9 Å². The van der Waals surface area contributed by atoms with Crippen LogP contribution in [-0.2, 0) is 4.74 Å². The molecule has 1 fully saturated rings. The summed E-state index contributed by atoms with van der Waals surface area (Å²) in [6, 6.07) is 3.84. The zero-order chi connectivity index (χ0) is 14.8. The molecule has 0 spiro atoms. The molecule has 1 unspecified atom stereocenters. The molecule has 1 heterocycles. The van der Waals surface area contributed by atoms with Crippen molar-refractivity contribution in [3.8, 4) is 0 Å². The monoisotopic (exact) mass is 279 g/mol. The fourth-order valence-corrected chi connectivity index (χ4v) is 2.23. The lowest BCUT2D eigenvalue weighted by atomic mass is 9.94. The highest BCUT2D eigenvalue weighted by Gasteiger charge is 2.30. The average molecular weight is 279 g/mol. The van der Waals surface area contributed by atoms with Gasteiger partial charge in [0.25, 0.3) is 11.6 Å². The number of nitro groups is 1. The summed E-state index contributed by atoms with van der Waals surface area (Å²) in [5.41, 5.74) is 5.43. The minimum absolute atomic E-state index is 0.117. The Balaban J connectivity index is 2.20. The van der Waals surface area contributed by atoms with Crippen molar-refractivity contribution in [2.24, 2.45) is 0 Å². The van der Waals surface area contributed by atoms with E-state index in [9.17, 15) is 14.9 Å². The number of amides is 1. The lowest BCUT2D eigenvalue weighted by molar-refractivity contribution is -0.384. The van der Waals surface area contributed by atoms with Crippen molar-refractivity contribution < 1.29 is 14.5 Å². The molecule has 20 heavy (non-hydrogen) atoms. The van der Waals surface area contributed by atoms with Crippen molar-refractivity contribution >= 4 is 17.3 Å². The second-order valence-corrected chi connectivity index (χ2v) is 5.20. The maximum atomic E-state index is 12.2. The number of carbonyl (C=O) groups excluding carboxylic acids is 1. The standard InChI is InChI=1S/C13H17N3O4/c1-13(5-2-6-20-8-13)15-12(17)10-7-9(16(18)19)3-4-11(10)14/h3-4,7H,2,5-6,8,14H2,1H3,(H,15,17). The summed E-state index contributed by atoms with van der Waals surface area (Å²) in [4.78, 5) is 22.4. The first-order chi connectivity index (χ1) is 9.41. The predicted octanol–water partition coefficient (Wildman–Crippen LogP) is 1.48. The molecule has 0 radical (unpaired) electrons. The first kappa shape index (κ1) is 14.3. The van der Waals surface area contributed by atoms with E-state index < -0.39 is 16.4 Å². The van der Waals surface area contributed by atoms with E-state index in [-0.39, 0.29) is 16.9 Å². The summed E-state index contributed by atoms with van der Waals surface area (Å²) < 4.78 is 5.36. The van der Waals surface area contributed by atoms with Crippen LogP contribution in [0.1, 0.15) is 30.1 Å². The van der Waals surface area contributed by atoms with Crippen LogP contribution in [-0.4, -0.2) is 29.6 Å². The number of nitro benzene ring substituents is 1. The van der Waals surface area contributed by atoms with Gasteiger partial charge in [-0.2, -0.15) is 0 Å². The van der Waals surface area contributed by atoms with E-state index in [0.717, 1.165) is 12.8 Å². The number of non-ortho nitro benzene ring substituents is 1. The molecule has 108 valence electrons. The molecule has 0 bridgehead atoms. The van der Waals surface area contributed by atoms with Crippen LogP contribution in [0.3, 0.4) is 0 Å². The molecule has 0 saturated carbocycles. The van der Waals surface area contributed by atoms with Gasteiger partial charge in [-0.1, -0.05) is 0 Å². The van der Waals surface area contributed by atoms with Gasteiger partial charge in [-0.15, -0.1) is 0 Å². The molecule has 2 rings (SSSR count). The topological polar surface area (TPSA) is 107 Å². The first-order valence-electron chi connectivity index (χ1n) is 6.35. The van der Waals surface area contributed by atoms with Crippen molar-refractivity contribution in [1.29, 1.82) is 0 Å². The van der Waals surface area contributed by atoms with Crippen LogP contribution in [0, 0.1) is 10.1 Å². The molecular formula is C13H17N3O4. The lowest BCUT2D eigenvalue weighted by Crippen LogP contribution is -2.51. The Labute approximate surface area is 116 Å². The molecule has 1 amide bonds. The minimum atomic E-state index is -0.554. The number of nitrogens with two attached hydrogens (primary N) is 1. The Morgan fingerprint density at radius 3 is 2.90 bits per heavy atom. The van der Waals surface area contributed by atoms with Gasteiger partial charge in [-0.25, -0.2) is 0 Å². The van der Waals surface area contributed by atoms with E-state index in [2.05, 4.69) is 5.32 Å². The highest BCUT2D eigenvalue weighted by atomic mass is 16.6. The molecule has 3 N–H and O–H groups in total. The van der Waals surface area contributed by atoms with Crippen LogP contribution in [0.25, 0.3) is 0 Å². The number of nitrogens with zero attached hydrogens (tertiary/aromatic N) is 1. The zero-order valence-corrected chi connectivity index (χ0v) is 11.2. The third-order valence-corrected chi connectivity index (χ3v) is 3.35. The second kappa shape index (κ2) is 5.46. The number of carbonyl (C=O) groups is 1. The largest absolute Gasteiger partial charge is 0.398 e. The number of hydrogen-bond donors (Lipinski definition) is 2. The van der Waals surface area contributed by atoms with Gasteiger partial charge in [0.05, 0.1) is 22.6 Å². The number of benzene rings is 1. The van der Waals surface area contributed by atoms with Gasteiger partial charge in [0.1, 0.15) is 0 Å². The SMILES string of the molecule is CC1(NC(=O)c2cc([N+](=O)[O-])ccc2N)CCCOC1. The van der Waals surface area contributed by atoms with Crippen molar-refractivity contribution in [2.45, 2.75) is 25.3 Å². The molecular weight excluding hydrogens is 262 g/mol. The van der Waals surface area contributed by atoms with Crippen LogP contribution in [0.5, 0.6) is 0 Å². The van der Waals surface area contributed by atoms with E-state index in [4.69, 9.17) is 10.5 Å². The Morgan fingerprint density at radius 1 is 1.55 bits per heavy atom. The van der Waals surface area contributed by atoms with E-state index >= 15 is 0 Å². The van der Waals surface area contributed by atoms with E-state index in [1.807, 2.05) is 6.92 Å². The second-order valence-electron chi connectivity index (χ2n) is 5.20. The predicted molar refractivity (Wildman–Crippen MR) is 73.4 cm³/mol. The Bertz CT molecular complexity index is 538. The van der Waals surface area contributed by atoms with Crippen molar-refractivity contribution in [1.82, 2.24) is 5.32 Å². The summed E-state index contributed by atoms with van der Waals surface area (Å²) in [6.45, 7) is 3.00. The van der Waals surface area contributed by atoms with Crippen LogP contribution in [0.15, 0.2) is 18.2 Å². The first-order valence-corrected chi connectivity index (χ1v) is 6.35. The number of rotatable bonds is 3. The smallest absolute Gasteiger partial charge is 0.270 e. The third-order valence-electron chi connectivity index (χ3n) is 3.35. The fourth-order valence-electron chi connectivity index (χ4n) is 2.23. The van der Waals surface area contributed by atoms with E-state index in [1.54, 1.807) is 0 Å². The Hall–Kier alpha value is -2.15. The number of hydrogen-bond acceptors (Lipinski definition) is 5. The normalized spacial score (nSPS) is 22.2. The molecule has 1 atom stereocenters. The zero-order valence-electron chi connectivity index (χ0n) is 11.2. The number of nitrogens with one attached hydrogen (secondary N) is 1. The maximum absolute atomic E-state index is 12.2. The summed E-state index contributed by atoms with van der Waals surface area (Å²) in [6.07, 6.45) is 1.66. The van der Waals surface area contributed by atoms with Crippen LogP contribution < -0.4 is 11.1 Å². The molecule has 7 heteroatoms. The molecule has 7 nitrogen and oxygen atoms in total. The van der Waals surface area contributed by atoms with E-state index in [1.165, 1.54) is 18.2 Å². The lowest BCUT2D eigenvalue weighted by Gasteiger charge is -2.34. The minimum Gasteiger partial charge on any atom is -0.398 e. The van der Waals surface area contributed by atoms with E-state index in [0.29, 0.717) is 13.2 Å². The highest BCUT2D eigenvalue weighted by Crippen LogP contribution is 2.23. The summed E-state index contributed by atoms with van der Waals surface area (Å²) in [7, 11) is 0. The summed E-state index contributed by atoms with van der Waals surface area (Å²) in [5.74, 6) is -0.417. The van der Waals surface area contributed by atoms with Gasteiger partial charge in [-0.3, -0.25) is 14.9 Å². The van der Waals surface area contributed by atoms with Gasteiger partial charge < -0.3 is 15.8 Å². The van der Waals surface area contributed by atoms with Crippen molar-refractivity contribution in [3.05, 3.63) is 33.9 Å². The third kappa shape index (κ3) is 3.05. The molecule has 1 aromatic carbocycles. The number of nitrogen functional groups attached to an aromatic ring is 1. The molecule has 0 aromatic heterocycles. The average Bonchev–Trinajstić information content (AvgIpc) is 2.39. The van der Waals surface area contributed by atoms with Gasteiger partial charge in [-0.05, 0) is 25.8 Å². The quantitative estimate of drug-likeness (QED) is 0.495. The maximum Gasteiger partial charge on any atom is 0.270 e. The van der Waals surface area contributed by atoms with Crippen LogP contribution in [0.2, 0.25) is 0 Å². The van der Waals surface area contributed by atoms with Gasteiger partial charge >= 0.3 is 0 Å². The molecule has 1 aliphatic rings. The fraction of sp³-hybridized carbons (Fsp3) is 0.462. The summed E-state index contributed by atoms with van der Waals surface area (Å²) in [5, 5.41) is 13.6. The molecule has 1 aliphatic heterocycles. The van der Waals surface area contributed by atoms with Gasteiger partial charge in [0, 0.05) is 24.4 Å². The number of ether oxygens (including phenoxy) is 1. The Kier molecular flexibility index (Phi) is 3.89. The number of anilines is 1.